The van der Waals surface area contributed by atoms with Crippen molar-refractivity contribution < 1.29 is 13.2 Å². The van der Waals surface area contributed by atoms with Gasteiger partial charge >= 0.3 is 0 Å². The van der Waals surface area contributed by atoms with E-state index in [0.717, 1.165) is 38.4 Å². The van der Waals surface area contributed by atoms with E-state index in [1.807, 2.05) is 0 Å². The van der Waals surface area contributed by atoms with Gasteiger partial charge in [-0.25, -0.2) is 12.7 Å². The van der Waals surface area contributed by atoms with E-state index >= 15 is 0 Å². The highest BCUT2D eigenvalue weighted by atomic mass is 127. The van der Waals surface area contributed by atoms with Gasteiger partial charge < -0.3 is 15.5 Å². The van der Waals surface area contributed by atoms with Crippen LogP contribution in [0.25, 0.3) is 0 Å². The molecule has 3 heterocycles. The first-order chi connectivity index (χ1) is 11.4. The molecule has 0 aromatic heterocycles. The van der Waals surface area contributed by atoms with Crippen molar-refractivity contribution in [3.8, 4) is 0 Å². The zero-order valence-electron chi connectivity index (χ0n) is 14.7. The van der Waals surface area contributed by atoms with Gasteiger partial charge in [0.1, 0.15) is 0 Å². The molecule has 25 heavy (non-hydrogen) atoms. The van der Waals surface area contributed by atoms with Crippen molar-refractivity contribution in [2.45, 2.75) is 25.7 Å². The smallest absolute Gasteiger partial charge is 0.220 e. The number of likely N-dealkylation sites (tertiary alicyclic amines) is 1. The van der Waals surface area contributed by atoms with E-state index in [-0.39, 0.29) is 41.1 Å². The van der Waals surface area contributed by atoms with Gasteiger partial charge in [-0.3, -0.25) is 9.79 Å². The van der Waals surface area contributed by atoms with E-state index in [0.29, 0.717) is 32.5 Å². The molecule has 0 aliphatic carbocycles. The number of nitrogens with one attached hydrogen (secondary N) is 2. The predicted octanol–water partition coefficient (Wildman–Crippen LogP) is -0.183. The summed E-state index contributed by atoms with van der Waals surface area (Å²) in [4.78, 5) is 18.1. The number of guanidine groups is 1. The molecule has 1 spiro atoms. The number of hydrogen-bond donors (Lipinski definition) is 2. The fourth-order valence-electron chi connectivity index (χ4n) is 4.00. The lowest BCUT2D eigenvalue weighted by atomic mass is 9.79. The Hall–Kier alpha value is -0.620. The summed E-state index contributed by atoms with van der Waals surface area (Å²) in [6, 6.07) is 0. The molecule has 3 aliphatic rings. The van der Waals surface area contributed by atoms with E-state index in [4.69, 9.17) is 0 Å². The van der Waals surface area contributed by atoms with Gasteiger partial charge in [-0.15, -0.1) is 24.0 Å². The van der Waals surface area contributed by atoms with Gasteiger partial charge in [0.05, 0.1) is 5.75 Å². The van der Waals surface area contributed by atoms with Gasteiger partial charge in [0.25, 0.3) is 0 Å². The number of halogens is 1. The van der Waals surface area contributed by atoms with E-state index in [2.05, 4.69) is 20.5 Å². The molecule has 3 fully saturated rings. The molecule has 3 aliphatic heterocycles. The van der Waals surface area contributed by atoms with Gasteiger partial charge in [-0.2, -0.15) is 0 Å². The summed E-state index contributed by atoms with van der Waals surface area (Å²) in [6.45, 7) is 4.10. The van der Waals surface area contributed by atoms with Gasteiger partial charge in [-0.1, -0.05) is 0 Å². The Labute approximate surface area is 166 Å². The highest BCUT2D eigenvalue weighted by Crippen LogP contribution is 2.35. The van der Waals surface area contributed by atoms with Gasteiger partial charge in [0, 0.05) is 58.2 Å². The van der Waals surface area contributed by atoms with Gasteiger partial charge in [0.2, 0.25) is 15.9 Å². The predicted molar refractivity (Wildman–Crippen MR) is 108 cm³/mol. The maximum atomic E-state index is 11.8. The molecule has 0 radical (unpaired) electrons. The van der Waals surface area contributed by atoms with Crippen molar-refractivity contribution in [1.82, 2.24) is 19.8 Å². The summed E-state index contributed by atoms with van der Waals surface area (Å²) in [5, 5.41) is 6.23. The topological polar surface area (TPSA) is 94.1 Å². The lowest BCUT2D eigenvalue weighted by Gasteiger charge is -2.40. The largest absolute Gasteiger partial charge is 0.355 e. The van der Waals surface area contributed by atoms with Crippen LogP contribution in [0.1, 0.15) is 25.7 Å². The summed E-state index contributed by atoms with van der Waals surface area (Å²) in [5.74, 6) is 1.20. The van der Waals surface area contributed by atoms with Crippen molar-refractivity contribution in [2.75, 3.05) is 52.1 Å². The Bertz CT molecular complexity index is 627. The van der Waals surface area contributed by atoms with Crippen LogP contribution in [0, 0.1) is 5.41 Å². The molecule has 2 N–H and O–H groups in total. The van der Waals surface area contributed by atoms with Crippen LogP contribution in [0.4, 0.5) is 0 Å². The first-order valence-corrected chi connectivity index (χ1v) is 10.3. The minimum absolute atomic E-state index is 0. The normalized spacial score (nSPS) is 29.6. The van der Waals surface area contributed by atoms with Crippen molar-refractivity contribution in [3.63, 3.8) is 0 Å². The number of nitrogens with zero attached hydrogens (tertiary/aromatic N) is 3. The number of rotatable bonds is 3. The molecular weight excluding hydrogens is 457 g/mol. The minimum atomic E-state index is -3.05. The molecule has 1 amide bonds. The standard InChI is InChI=1S/C15H27N5O3S.HI/c1-16-14(17-5-8-20-7-3-9-24(20,22)23)19-6-2-4-15(12-19)10-13(21)18-11-15;/h2-12H2,1H3,(H,16,17)(H,18,21);1H. The highest BCUT2D eigenvalue weighted by molar-refractivity contribution is 14.0. The Morgan fingerprint density at radius 3 is 2.76 bits per heavy atom. The molecule has 0 aromatic rings. The number of sulfonamides is 1. The molecule has 0 bridgehead atoms. The maximum absolute atomic E-state index is 11.8. The monoisotopic (exact) mass is 485 g/mol. The zero-order valence-corrected chi connectivity index (χ0v) is 17.8. The molecule has 3 saturated heterocycles. The van der Waals surface area contributed by atoms with Crippen molar-refractivity contribution >= 4 is 45.9 Å². The summed E-state index contributed by atoms with van der Waals surface area (Å²) >= 11 is 0. The van der Waals surface area contributed by atoms with E-state index < -0.39 is 10.0 Å². The summed E-state index contributed by atoms with van der Waals surface area (Å²) in [5.41, 5.74) is 0.0191. The third-order valence-corrected chi connectivity index (χ3v) is 7.17. The lowest BCUT2D eigenvalue weighted by molar-refractivity contribution is -0.119. The van der Waals surface area contributed by atoms with Crippen LogP contribution in [0.2, 0.25) is 0 Å². The Morgan fingerprint density at radius 1 is 1.36 bits per heavy atom. The van der Waals surface area contributed by atoms with E-state index in [9.17, 15) is 13.2 Å². The van der Waals surface area contributed by atoms with Crippen LogP contribution in [-0.4, -0.2) is 81.6 Å². The molecule has 0 saturated carbocycles. The first-order valence-electron chi connectivity index (χ1n) is 8.64. The zero-order chi connectivity index (χ0) is 17.2. The van der Waals surface area contributed by atoms with E-state index in [1.54, 1.807) is 11.4 Å². The maximum Gasteiger partial charge on any atom is 0.220 e. The fourth-order valence-corrected chi connectivity index (χ4v) is 5.52. The average molecular weight is 485 g/mol. The van der Waals surface area contributed by atoms with Crippen LogP contribution in [-0.2, 0) is 14.8 Å². The number of aliphatic imine (C=N–C) groups is 1. The molecule has 10 heteroatoms. The minimum Gasteiger partial charge on any atom is -0.355 e. The second-order valence-electron chi connectivity index (χ2n) is 7.02. The van der Waals surface area contributed by atoms with E-state index in [1.165, 1.54) is 0 Å². The Morgan fingerprint density at radius 2 is 2.16 bits per heavy atom. The highest BCUT2D eigenvalue weighted by Gasteiger charge is 2.42. The third-order valence-electron chi connectivity index (χ3n) is 5.22. The second kappa shape index (κ2) is 8.38. The van der Waals surface area contributed by atoms with Crippen LogP contribution < -0.4 is 10.6 Å². The first kappa shape index (κ1) is 20.7. The summed E-state index contributed by atoms with van der Waals surface area (Å²) < 4.78 is 25.2. The number of carbonyl (C=O) groups excluding carboxylic acids is 1. The molecule has 0 aromatic carbocycles. The molecule has 3 rings (SSSR count). The molecule has 1 unspecified atom stereocenters. The number of piperidine rings is 1. The van der Waals surface area contributed by atoms with Gasteiger partial charge in [0.15, 0.2) is 5.96 Å². The van der Waals surface area contributed by atoms with Crippen LogP contribution >= 0.6 is 24.0 Å². The second-order valence-corrected chi connectivity index (χ2v) is 9.11. The van der Waals surface area contributed by atoms with Crippen molar-refractivity contribution in [2.24, 2.45) is 10.4 Å². The number of amides is 1. The molecule has 144 valence electrons. The number of hydrogen-bond acceptors (Lipinski definition) is 4. The van der Waals surface area contributed by atoms with Crippen LogP contribution in [0.3, 0.4) is 0 Å². The lowest BCUT2D eigenvalue weighted by Crippen LogP contribution is -2.52. The Balaban J connectivity index is 0.00000225. The average Bonchev–Trinajstić information content (AvgIpc) is 3.06. The third kappa shape index (κ3) is 4.76. The molecule has 1 atom stereocenters. The van der Waals surface area contributed by atoms with Crippen molar-refractivity contribution in [3.05, 3.63) is 0 Å². The summed E-state index contributed by atoms with van der Waals surface area (Å²) in [6.07, 6.45) is 3.40. The van der Waals surface area contributed by atoms with Crippen LogP contribution in [0.5, 0.6) is 0 Å². The molecular formula is C15H28IN5O3S. The van der Waals surface area contributed by atoms with Crippen LogP contribution in [0.15, 0.2) is 4.99 Å². The molecule has 8 nitrogen and oxygen atoms in total. The SMILES string of the molecule is CN=C(NCCN1CCCS1(=O)=O)N1CCCC2(CNC(=O)C2)C1.I. The fraction of sp³-hybridized carbons (Fsp3) is 0.867. The quantitative estimate of drug-likeness (QED) is 0.329. The Kier molecular flexibility index (Phi) is 6.94. The number of carbonyl (C=O) groups is 1. The van der Waals surface area contributed by atoms with Gasteiger partial charge in [-0.05, 0) is 19.3 Å². The summed E-state index contributed by atoms with van der Waals surface area (Å²) in [7, 11) is -1.30. The van der Waals surface area contributed by atoms with Crippen molar-refractivity contribution in [1.29, 1.82) is 0 Å².